The van der Waals surface area contributed by atoms with Crippen molar-refractivity contribution in [2.45, 2.75) is 25.3 Å². The Bertz CT molecular complexity index is 373. The van der Waals surface area contributed by atoms with Crippen LogP contribution in [0.2, 0.25) is 0 Å². The number of hydrogen-bond donors (Lipinski definition) is 2. The molecule has 1 saturated heterocycles. The minimum absolute atomic E-state index is 0.531. The molecule has 0 amide bonds. The second kappa shape index (κ2) is 5.53. The van der Waals surface area contributed by atoms with Crippen LogP contribution in [0.15, 0.2) is 24.3 Å². The van der Waals surface area contributed by atoms with Gasteiger partial charge in [0.05, 0.1) is 11.6 Å². The molecule has 0 spiro atoms. The van der Waals surface area contributed by atoms with Crippen molar-refractivity contribution in [1.29, 1.82) is 5.26 Å². The summed E-state index contributed by atoms with van der Waals surface area (Å²) in [5, 5.41) is 15.7. The minimum Gasteiger partial charge on any atom is -0.382 e. The van der Waals surface area contributed by atoms with Crippen LogP contribution in [0.3, 0.4) is 0 Å². The topological polar surface area (TPSA) is 47.9 Å². The second-order valence-corrected chi connectivity index (χ2v) is 4.21. The van der Waals surface area contributed by atoms with Crippen LogP contribution in [-0.4, -0.2) is 19.1 Å². The molecule has 3 nitrogen and oxygen atoms in total. The van der Waals surface area contributed by atoms with E-state index in [1.807, 2.05) is 24.3 Å². The summed E-state index contributed by atoms with van der Waals surface area (Å²) in [4.78, 5) is 0. The Balaban J connectivity index is 1.99. The van der Waals surface area contributed by atoms with Crippen molar-refractivity contribution >= 4 is 5.69 Å². The zero-order chi connectivity index (χ0) is 11.2. The van der Waals surface area contributed by atoms with Crippen molar-refractivity contribution in [3.8, 4) is 6.07 Å². The number of nitriles is 1. The Kier molecular flexibility index (Phi) is 3.79. The molecular formula is C13H17N3. The van der Waals surface area contributed by atoms with Gasteiger partial charge in [0.2, 0.25) is 0 Å². The van der Waals surface area contributed by atoms with Crippen LogP contribution >= 0.6 is 0 Å². The van der Waals surface area contributed by atoms with Crippen LogP contribution in [-0.2, 0) is 0 Å². The van der Waals surface area contributed by atoms with Gasteiger partial charge in [0.1, 0.15) is 0 Å². The normalized spacial score (nSPS) is 20.8. The van der Waals surface area contributed by atoms with Crippen molar-refractivity contribution in [3.05, 3.63) is 29.8 Å². The quantitative estimate of drug-likeness (QED) is 0.794. The summed E-state index contributed by atoms with van der Waals surface area (Å²) in [6, 6.07) is 10.4. The Labute approximate surface area is 96.5 Å². The molecule has 1 fully saturated rings. The molecule has 1 aromatic carbocycles. The average Bonchev–Trinajstić information content (AvgIpc) is 2.58. The molecule has 0 saturated carbocycles. The molecule has 0 aliphatic carbocycles. The fourth-order valence-electron chi connectivity index (χ4n) is 2.08. The summed E-state index contributed by atoms with van der Waals surface area (Å²) in [6.07, 6.45) is 3.57. The molecule has 1 unspecified atom stereocenters. The largest absolute Gasteiger partial charge is 0.382 e. The first-order chi connectivity index (χ1) is 7.88. The summed E-state index contributed by atoms with van der Waals surface area (Å²) in [5.74, 6) is 0. The van der Waals surface area contributed by atoms with Crippen molar-refractivity contribution in [2.75, 3.05) is 18.4 Å². The third-order valence-electron chi connectivity index (χ3n) is 2.94. The summed E-state index contributed by atoms with van der Waals surface area (Å²) in [7, 11) is 0. The van der Waals surface area contributed by atoms with E-state index in [9.17, 15) is 0 Å². The van der Waals surface area contributed by atoms with Crippen LogP contribution in [0.25, 0.3) is 0 Å². The number of nitrogens with one attached hydrogen (secondary N) is 2. The predicted molar refractivity (Wildman–Crippen MR) is 65.3 cm³/mol. The highest BCUT2D eigenvalue weighted by Crippen LogP contribution is 2.15. The lowest BCUT2D eigenvalue weighted by Gasteiger charge is -2.17. The number of rotatable bonds is 2. The first-order valence-corrected chi connectivity index (χ1v) is 5.86. The first-order valence-electron chi connectivity index (χ1n) is 5.86. The molecule has 1 heterocycles. The Hall–Kier alpha value is -1.53. The van der Waals surface area contributed by atoms with E-state index >= 15 is 0 Å². The third kappa shape index (κ3) is 2.98. The Morgan fingerprint density at radius 1 is 1.31 bits per heavy atom. The van der Waals surface area contributed by atoms with Gasteiger partial charge in [-0.05, 0) is 50.6 Å². The van der Waals surface area contributed by atoms with Gasteiger partial charge in [-0.2, -0.15) is 5.26 Å². The predicted octanol–water partition coefficient (Wildman–Crippen LogP) is 2.11. The summed E-state index contributed by atoms with van der Waals surface area (Å²) < 4.78 is 0. The van der Waals surface area contributed by atoms with Gasteiger partial charge in [-0.15, -0.1) is 0 Å². The zero-order valence-corrected chi connectivity index (χ0v) is 9.37. The lowest BCUT2D eigenvalue weighted by molar-refractivity contribution is 0.637. The lowest BCUT2D eigenvalue weighted by Crippen LogP contribution is -2.21. The van der Waals surface area contributed by atoms with Crippen LogP contribution in [0, 0.1) is 11.3 Å². The molecule has 3 heteroatoms. The third-order valence-corrected chi connectivity index (χ3v) is 2.94. The summed E-state index contributed by atoms with van der Waals surface area (Å²) in [6.45, 7) is 2.20. The molecule has 84 valence electrons. The molecule has 1 aliphatic rings. The fraction of sp³-hybridized carbons (Fsp3) is 0.462. The van der Waals surface area contributed by atoms with Crippen LogP contribution in [0.1, 0.15) is 24.8 Å². The average molecular weight is 215 g/mol. The molecule has 1 atom stereocenters. The van der Waals surface area contributed by atoms with Gasteiger partial charge in [0, 0.05) is 11.7 Å². The van der Waals surface area contributed by atoms with Gasteiger partial charge in [0.25, 0.3) is 0 Å². The van der Waals surface area contributed by atoms with E-state index in [1.54, 1.807) is 0 Å². The van der Waals surface area contributed by atoms with Gasteiger partial charge in [-0.3, -0.25) is 0 Å². The number of anilines is 1. The van der Waals surface area contributed by atoms with Gasteiger partial charge in [0.15, 0.2) is 0 Å². The summed E-state index contributed by atoms with van der Waals surface area (Å²) >= 11 is 0. The van der Waals surface area contributed by atoms with E-state index in [-0.39, 0.29) is 0 Å². The smallest absolute Gasteiger partial charge is 0.0992 e. The van der Waals surface area contributed by atoms with E-state index in [4.69, 9.17) is 5.26 Å². The maximum absolute atomic E-state index is 8.83. The second-order valence-electron chi connectivity index (χ2n) is 4.21. The first kappa shape index (κ1) is 11.0. The van der Waals surface area contributed by atoms with E-state index in [1.165, 1.54) is 12.8 Å². The van der Waals surface area contributed by atoms with Crippen molar-refractivity contribution in [3.63, 3.8) is 0 Å². The molecule has 2 rings (SSSR count). The molecule has 1 aliphatic heterocycles. The van der Waals surface area contributed by atoms with Crippen LogP contribution < -0.4 is 10.6 Å². The van der Waals surface area contributed by atoms with Crippen LogP contribution in [0.4, 0.5) is 5.69 Å². The molecule has 0 bridgehead atoms. The van der Waals surface area contributed by atoms with Crippen LogP contribution in [0.5, 0.6) is 0 Å². The number of nitrogens with zero attached hydrogens (tertiary/aromatic N) is 1. The van der Waals surface area contributed by atoms with Gasteiger partial charge in [-0.1, -0.05) is 6.07 Å². The van der Waals surface area contributed by atoms with Crippen molar-refractivity contribution in [2.24, 2.45) is 0 Å². The zero-order valence-electron chi connectivity index (χ0n) is 9.37. The molecule has 0 radical (unpaired) electrons. The van der Waals surface area contributed by atoms with E-state index in [2.05, 4.69) is 16.7 Å². The highest BCUT2D eigenvalue weighted by Gasteiger charge is 2.11. The Morgan fingerprint density at radius 3 is 3.12 bits per heavy atom. The molecule has 16 heavy (non-hydrogen) atoms. The molecule has 2 N–H and O–H groups in total. The molecular weight excluding hydrogens is 198 g/mol. The highest BCUT2D eigenvalue weighted by atomic mass is 14.9. The van der Waals surface area contributed by atoms with Gasteiger partial charge < -0.3 is 10.6 Å². The number of benzene rings is 1. The molecule has 1 aromatic rings. The van der Waals surface area contributed by atoms with E-state index < -0.39 is 0 Å². The Morgan fingerprint density at radius 2 is 2.25 bits per heavy atom. The van der Waals surface area contributed by atoms with E-state index in [0.29, 0.717) is 6.04 Å². The lowest BCUT2D eigenvalue weighted by atomic mass is 10.1. The van der Waals surface area contributed by atoms with Gasteiger partial charge >= 0.3 is 0 Å². The minimum atomic E-state index is 0.531. The maximum atomic E-state index is 8.83. The number of hydrogen-bond acceptors (Lipinski definition) is 3. The highest BCUT2D eigenvalue weighted by molar-refractivity contribution is 5.49. The molecule has 0 aromatic heterocycles. The standard InChI is InChI=1S/C13H17N3/c14-10-11-3-1-4-13(9-11)16-12-5-2-7-15-8-6-12/h1,3-4,9,12,15-16H,2,5-8H2. The van der Waals surface area contributed by atoms with E-state index in [0.717, 1.165) is 30.8 Å². The van der Waals surface area contributed by atoms with Gasteiger partial charge in [-0.25, -0.2) is 0 Å². The van der Waals surface area contributed by atoms with Crippen molar-refractivity contribution < 1.29 is 0 Å². The summed E-state index contributed by atoms with van der Waals surface area (Å²) in [5.41, 5.74) is 1.78. The maximum Gasteiger partial charge on any atom is 0.0992 e. The monoisotopic (exact) mass is 215 g/mol. The van der Waals surface area contributed by atoms with Crippen molar-refractivity contribution in [1.82, 2.24) is 5.32 Å². The SMILES string of the molecule is N#Cc1cccc(NC2CCCNCC2)c1. The fourth-order valence-corrected chi connectivity index (χ4v) is 2.08.